The zero-order valence-corrected chi connectivity index (χ0v) is 4.63. The molecule has 1 unspecified atom stereocenters. The molecular formula is C2H4OPS+. The molecular weight excluding hydrogens is 103 g/mol. The van der Waals surface area contributed by atoms with E-state index in [0.717, 1.165) is 0 Å². The molecule has 0 saturated carbocycles. The van der Waals surface area contributed by atoms with Crippen molar-refractivity contribution in [1.29, 1.82) is 0 Å². The zero-order valence-electron chi connectivity index (χ0n) is 2.82. The molecule has 1 nitrogen and oxygen atoms in total. The van der Waals surface area contributed by atoms with Gasteiger partial charge in [0.2, 0.25) is 7.36 Å². The molecule has 1 atom stereocenters. The van der Waals surface area contributed by atoms with Gasteiger partial charge in [0.1, 0.15) is 0 Å². The van der Waals surface area contributed by atoms with E-state index in [1.807, 2.05) is 0 Å². The molecule has 5 heavy (non-hydrogen) atoms. The lowest BCUT2D eigenvalue weighted by atomic mass is 10.9. The van der Waals surface area contributed by atoms with Crippen molar-refractivity contribution in [3.05, 3.63) is 0 Å². The van der Waals surface area contributed by atoms with E-state index in [0.29, 0.717) is 0 Å². The van der Waals surface area contributed by atoms with Gasteiger partial charge in [0.25, 0.3) is 0 Å². The largest absolute Gasteiger partial charge is 0.330 e. The van der Waals surface area contributed by atoms with Crippen LogP contribution in [0, 0.1) is 0 Å². The minimum atomic E-state index is 0.0586. The Kier molecular flexibility index (Phi) is 2.52. The van der Waals surface area contributed by atoms with Crippen LogP contribution in [-0.2, 0) is 16.6 Å². The maximum absolute atomic E-state index is 9.72. The second-order valence-electron chi connectivity index (χ2n) is 0.658. The van der Waals surface area contributed by atoms with Gasteiger partial charge in [0, 0.05) is 6.92 Å². The van der Waals surface area contributed by atoms with Crippen LogP contribution in [-0.4, -0.2) is 5.52 Å². The Bertz CT molecular complexity index is 60.7. The van der Waals surface area contributed by atoms with E-state index in [2.05, 4.69) is 11.8 Å². The molecule has 0 aromatic heterocycles. The Labute approximate surface area is 37.2 Å². The molecule has 0 aromatic carbocycles. The highest BCUT2D eigenvalue weighted by atomic mass is 32.4. The van der Waals surface area contributed by atoms with Gasteiger partial charge in [-0.3, -0.25) is 0 Å². The first kappa shape index (κ1) is 5.19. The quantitative estimate of drug-likeness (QED) is 0.458. The predicted molar refractivity (Wildman–Crippen MR) is 26.4 cm³/mol. The number of rotatable bonds is 1. The van der Waals surface area contributed by atoms with Crippen molar-refractivity contribution in [2.45, 2.75) is 6.92 Å². The molecule has 0 bridgehead atoms. The summed E-state index contributed by atoms with van der Waals surface area (Å²) >= 11 is 4.35. The third kappa shape index (κ3) is 4.19. The summed E-state index contributed by atoms with van der Waals surface area (Å²) in [5, 5.41) is 0. The SMILES string of the molecule is CC(=O)[PH+]=S. The number of hydrogen-bond donors (Lipinski definition) is 0. The topological polar surface area (TPSA) is 17.1 Å². The van der Waals surface area contributed by atoms with Crippen LogP contribution in [0.25, 0.3) is 0 Å². The van der Waals surface area contributed by atoms with Gasteiger partial charge in [-0.25, -0.2) is 4.79 Å². The third-order valence-electron chi connectivity index (χ3n) is 0.144. The summed E-state index contributed by atoms with van der Waals surface area (Å²) in [5.74, 6) is 0. The normalized spacial score (nSPS) is 8.20. The van der Waals surface area contributed by atoms with E-state index >= 15 is 0 Å². The van der Waals surface area contributed by atoms with Crippen LogP contribution in [0.3, 0.4) is 0 Å². The fourth-order valence-corrected chi connectivity index (χ4v) is 0. The molecule has 0 aliphatic heterocycles. The highest BCUT2D eigenvalue weighted by Gasteiger charge is 1.87. The van der Waals surface area contributed by atoms with E-state index in [4.69, 9.17) is 0 Å². The van der Waals surface area contributed by atoms with Gasteiger partial charge in [-0.05, 0) is 0 Å². The fraction of sp³-hybridized carbons (Fsp3) is 0.500. The van der Waals surface area contributed by atoms with E-state index in [-0.39, 0.29) is 12.9 Å². The lowest BCUT2D eigenvalue weighted by Crippen LogP contribution is -1.63. The second-order valence-corrected chi connectivity index (χ2v) is 2.18. The fourth-order valence-electron chi connectivity index (χ4n) is 0. The highest BCUT2D eigenvalue weighted by molar-refractivity contribution is 8.03. The lowest BCUT2D eigenvalue weighted by molar-refractivity contribution is -0.109. The first-order valence-electron chi connectivity index (χ1n) is 1.16. The third-order valence-corrected chi connectivity index (χ3v) is 1.29. The summed E-state index contributed by atoms with van der Waals surface area (Å²) < 4.78 is 0. The molecule has 0 N–H and O–H groups in total. The average Bonchev–Trinajstić information content (AvgIpc) is 1.38. The Hall–Kier alpha value is 0.190. The first-order chi connectivity index (χ1) is 2.27. The van der Waals surface area contributed by atoms with Crippen molar-refractivity contribution in [3.63, 3.8) is 0 Å². The summed E-state index contributed by atoms with van der Waals surface area (Å²) in [4.78, 5) is 9.72. The van der Waals surface area contributed by atoms with Crippen LogP contribution in [0.5, 0.6) is 0 Å². The standard InChI is InChI=1S/C2H3OPS/c1-2(3)4-5/h1H3/p+1. The molecule has 0 saturated heterocycles. The maximum Gasteiger partial charge on any atom is 0.330 e. The minimum Gasteiger partial charge on any atom is -0.244 e. The molecule has 0 aromatic rings. The van der Waals surface area contributed by atoms with Crippen molar-refractivity contribution in [1.82, 2.24) is 0 Å². The first-order valence-corrected chi connectivity index (χ1v) is 3.29. The molecule has 0 rings (SSSR count). The number of carbonyl (C=O) groups is 1. The zero-order chi connectivity index (χ0) is 4.28. The minimum absolute atomic E-state index is 0.0586. The number of carbonyl (C=O) groups excluding carboxylic acids is 1. The summed E-state index contributed by atoms with van der Waals surface area (Å²) in [7, 11) is 0.0586. The van der Waals surface area contributed by atoms with Gasteiger partial charge >= 0.3 is 5.52 Å². The van der Waals surface area contributed by atoms with Crippen LogP contribution in [0.15, 0.2) is 0 Å². The van der Waals surface area contributed by atoms with E-state index in [1.165, 1.54) is 6.92 Å². The Balaban J connectivity index is 3.20. The Morgan fingerprint density at radius 3 is 2.20 bits per heavy atom. The van der Waals surface area contributed by atoms with Crippen molar-refractivity contribution in [2.75, 3.05) is 0 Å². The van der Waals surface area contributed by atoms with E-state index in [9.17, 15) is 4.79 Å². The summed E-state index contributed by atoms with van der Waals surface area (Å²) in [5.41, 5.74) is 0.0972. The molecule has 0 fully saturated rings. The maximum atomic E-state index is 9.72. The lowest BCUT2D eigenvalue weighted by Gasteiger charge is -1.46. The summed E-state index contributed by atoms with van der Waals surface area (Å²) in [6.45, 7) is 1.49. The Morgan fingerprint density at radius 2 is 2.20 bits per heavy atom. The molecule has 0 spiro atoms. The Morgan fingerprint density at radius 1 is 2.00 bits per heavy atom. The molecule has 0 amide bonds. The molecule has 0 aliphatic carbocycles. The molecule has 0 radical (unpaired) electrons. The van der Waals surface area contributed by atoms with E-state index < -0.39 is 0 Å². The predicted octanol–water partition coefficient (Wildman–Crippen LogP) is 0.673. The number of hydrogen-bond acceptors (Lipinski definition) is 2. The molecule has 0 heterocycles. The smallest absolute Gasteiger partial charge is 0.244 e. The van der Waals surface area contributed by atoms with Crippen LogP contribution in [0.4, 0.5) is 0 Å². The van der Waals surface area contributed by atoms with E-state index in [1.54, 1.807) is 0 Å². The van der Waals surface area contributed by atoms with Gasteiger partial charge in [0.05, 0.1) is 0 Å². The van der Waals surface area contributed by atoms with Gasteiger partial charge < -0.3 is 0 Å². The molecule has 28 valence electrons. The second kappa shape index (κ2) is 2.43. The summed E-state index contributed by atoms with van der Waals surface area (Å²) in [6, 6.07) is 0. The highest BCUT2D eigenvalue weighted by Crippen LogP contribution is 1.88. The van der Waals surface area contributed by atoms with Crippen LogP contribution >= 0.6 is 7.36 Å². The summed E-state index contributed by atoms with van der Waals surface area (Å²) in [6.07, 6.45) is 0. The van der Waals surface area contributed by atoms with Gasteiger partial charge in [-0.15, -0.1) is 0 Å². The van der Waals surface area contributed by atoms with Crippen molar-refractivity contribution in [2.24, 2.45) is 0 Å². The monoisotopic (exact) mass is 107 g/mol. The van der Waals surface area contributed by atoms with Gasteiger partial charge in [-0.2, -0.15) is 0 Å². The molecule has 0 aliphatic rings. The van der Waals surface area contributed by atoms with Crippen LogP contribution in [0.1, 0.15) is 6.92 Å². The van der Waals surface area contributed by atoms with Crippen molar-refractivity contribution >= 4 is 24.7 Å². The van der Waals surface area contributed by atoms with Crippen LogP contribution < -0.4 is 0 Å². The average molecular weight is 107 g/mol. The van der Waals surface area contributed by atoms with Gasteiger partial charge in [0.15, 0.2) is 11.8 Å². The van der Waals surface area contributed by atoms with Crippen molar-refractivity contribution < 1.29 is 4.79 Å². The van der Waals surface area contributed by atoms with Crippen LogP contribution in [0.2, 0.25) is 0 Å². The van der Waals surface area contributed by atoms with Crippen molar-refractivity contribution in [3.8, 4) is 0 Å². The van der Waals surface area contributed by atoms with Gasteiger partial charge in [-0.1, -0.05) is 0 Å². The molecule has 3 heteroatoms.